The van der Waals surface area contributed by atoms with Crippen molar-refractivity contribution >= 4 is 23.6 Å². The highest BCUT2D eigenvalue weighted by atomic mass is 16.6. The van der Waals surface area contributed by atoms with Gasteiger partial charge < -0.3 is 20.1 Å². The Hall–Kier alpha value is -3.55. The molecule has 0 radical (unpaired) electrons. The summed E-state index contributed by atoms with van der Waals surface area (Å²) < 4.78 is 10.7. The highest BCUT2D eigenvalue weighted by Gasteiger charge is 2.37. The molecule has 0 spiro atoms. The number of amides is 3. The molecule has 0 aromatic heterocycles. The fraction of sp³-hybridized carbons (Fsp3) is 0.375. The van der Waals surface area contributed by atoms with Crippen molar-refractivity contribution in [2.75, 3.05) is 19.0 Å². The summed E-state index contributed by atoms with van der Waals surface area (Å²) in [7, 11) is 1.54. The van der Waals surface area contributed by atoms with Crippen LogP contribution in [0.1, 0.15) is 31.9 Å². The second-order valence-corrected chi connectivity index (χ2v) is 8.59. The van der Waals surface area contributed by atoms with Crippen LogP contribution in [0.5, 0.6) is 5.75 Å². The third-order valence-corrected chi connectivity index (χ3v) is 4.96. The third kappa shape index (κ3) is 6.00. The number of benzene rings is 2. The smallest absolute Gasteiger partial charge is 0.411 e. The van der Waals surface area contributed by atoms with Crippen molar-refractivity contribution in [3.05, 3.63) is 59.7 Å². The lowest BCUT2D eigenvalue weighted by Gasteiger charge is -2.36. The molecule has 1 aliphatic heterocycles. The fourth-order valence-corrected chi connectivity index (χ4v) is 3.46. The molecule has 32 heavy (non-hydrogen) atoms. The molecule has 0 saturated heterocycles. The van der Waals surface area contributed by atoms with Gasteiger partial charge in [0, 0.05) is 18.2 Å². The van der Waals surface area contributed by atoms with Crippen molar-refractivity contribution in [3.8, 4) is 5.75 Å². The van der Waals surface area contributed by atoms with E-state index in [4.69, 9.17) is 9.47 Å². The predicted molar refractivity (Wildman–Crippen MR) is 120 cm³/mol. The summed E-state index contributed by atoms with van der Waals surface area (Å²) in [5, 5.41) is 5.36. The van der Waals surface area contributed by atoms with Crippen LogP contribution in [0.25, 0.3) is 0 Å². The first-order valence-corrected chi connectivity index (χ1v) is 10.4. The Balaban J connectivity index is 1.67. The Labute approximate surface area is 187 Å². The van der Waals surface area contributed by atoms with Crippen LogP contribution in [-0.2, 0) is 27.3 Å². The predicted octanol–water partition coefficient (Wildman–Crippen LogP) is 3.11. The lowest BCUT2D eigenvalue weighted by atomic mass is 9.94. The maximum absolute atomic E-state index is 13.0. The second kappa shape index (κ2) is 9.72. The van der Waals surface area contributed by atoms with Gasteiger partial charge in [-0.2, -0.15) is 0 Å². The highest BCUT2D eigenvalue weighted by Crippen LogP contribution is 2.25. The number of anilines is 1. The van der Waals surface area contributed by atoms with Gasteiger partial charge >= 0.3 is 6.09 Å². The molecule has 2 N–H and O–H groups in total. The standard InChI is InChI=1S/C24H29N3O5/c1-24(2,3)32-23(30)27-15-17-9-6-5-8-16(17)12-20(27)22(29)25-14-21(28)26-18-10-7-11-19(13-18)31-4/h5-11,13,20H,12,14-15H2,1-4H3,(H,25,29)(H,26,28)/t20-/m0/s1. The molecular weight excluding hydrogens is 410 g/mol. The average molecular weight is 440 g/mol. The Morgan fingerprint density at radius 3 is 2.47 bits per heavy atom. The lowest BCUT2D eigenvalue weighted by Crippen LogP contribution is -2.54. The van der Waals surface area contributed by atoms with Gasteiger partial charge in [-0.05, 0) is 44.0 Å². The molecule has 0 unspecified atom stereocenters. The van der Waals surface area contributed by atoms with Crippen molar-refractivity contribution in [1.29, 1.82) is 0 Å². The molecule has 8 heteroatoms. The Bertz CT molecular complexity index is 999. The summed E-state index contributed by atoms with van der Waals surface area (Å²) in [4.78, 5) is 39.5. The van der Waals surface area contributed by atoms with E-state index in [-0.39, 0.29) is 19.0 Å². The number of nitrogens with zero attached hydrogens (tertiary/aromatic N) is 1. The average Bonchev–Trinajstić information content (AvgIpc) is 2.75. The molecule has 8 nitrogen and oxygen atoms in total. The number of methoxy groups -OCH3 is 1. The molecule has 3 rings (SSSR count). The van der Waals surface area contributed by atoms with Crippen LogP contribution in [0, 0.1) is 0 Å². The molecule has 0 aliphatic carbocycles. The van der Waals surface area contributed by atoms with Gasteiger partial charge in [-0.3, -0.25) is 14.5 Å². The van der Waals surface area contributed by atoms with Crippen LogP contribution >= 0.6 is 0 Å². The van der Waals surface area contributed by atoms with Crippen molar-refractivity contribution < 1.29 is 23.9 Å². The highest BCUT2D eigenvalue weighted by molar-refractivity contribution is 5.96. The number of rotatable bonds is 5. The van der Waals surface area contributed by atoms with Gasteiger partial charge in [-0.25, -0.2) is 4.79 Å². The molecule has 1 aliphatic rings. The first-order chi connectivity index (χ1) is 15.2. The van der Waals surface area contributed by atoms with Crippen LogP contribution in [0.3, 0.4) is 0 Å². The molecule has 1 atom stereocenters. The number of carbonyl (C=O) groups excluding carboxylic acids is 3. The van der Waals surface area contributed by atoms with Gasteiger partial charge in [0.2, 0.25) is 11.8 Å². The minimum Gasteiger partial charge on any atom is -0.497 e. The molecule has 0 fully saturated rings. The molecule has 0 saturated carbocycles. The molecule has 2 aromatic carbocycles. The van der Waals surface area contributed by atoms with E-state index in [0.717, 1.165) is 11.1 Å². The van der Waals surface area contributed by atoms with Gasteiger partial charge in [-0.1, -0.05) is 30.3 Å². The van der Waals surface area contributed by atoms with Crippen molar-refractivity contribution in [2.24, 2.45) is 0 Å². The summed E-state index contributed by atoms with van der Waals surface area (Å²) >= 11 is 0. The molecular formula is C24H29N3O5. The largest absolute Gasteiger partial charge is 0.497 e. The summed E-state index contributed by atoms with van der Waals surface area (Å²) in [6.45, 7) is 5.37. The van der Waals surface area contributed by atoms with Crippen LogP contribution in [0.4, 0.5) is 10.5 Å². The molecule has 170 valence electrons. The summed E-state index contributed by atoms with van der Waals surface area (Å²) in [5.41, 5.74) is 1.84. The Morgan fingerprint density at radius 1 is 1.06 bits per heavy atom. The van der Waals surface area contributed by atoms with E-state index < -0.39 is 23.6 Å². The zero-order valence-corrected chi connectivity index (χ0v) is 18.8. The number of hydrogen-bond donors (Lipinski definition) is 2. The van der Waals surface area contributed by atoms with Gasteiger partial charge in [0.05, 0.1) is 20.2 Å². The molecule has 3 amide bonds. The van der Waals surface area contributed by atoms with E-state index in [1.54, 1.807) is 52.1 Å². The van der Waals surface area contributed by atoms with E-state index in [9.17, 15) is 14.4 Å². The second-order valence-electron chi connectivity index (χ2n) is 8.59. The lowest BCUT2D eigenvalue weighted by molar-refractivity contribution is -0.128. The molecule has 2 aromatic rings. The molecule has 0 bridgehead atoms. The summed E-state index contributed by atoms with van der Waals surface area (Å²) in [5.74, 6) is -0.182. The normalized spacial score (nSPS) is 15.4. The SMILES string of the molecule is COc1cccc(NC(=O)CNC(=O)[C@@H]2Cc3ccccc3CN2C(=O)OC(C)(C)C)c1. The summed E-state index contributed by atoms with van der Waals surface area (Å²) in [6.07, 6.45) is -0.216. The van der Waals surface area contributed by atoms with E-state index in [2.05, 4.69) is 10.6 Å². The van der Waals surface area contributed by atoms with E-state index >= 15 is 0 Å². The van der Waals surface area contributed by atoms with Crippen LogP contribution in [0.15, 0.2) is 48.5 Å². The monoisotopic (exact) mass is 439 g/mol. The maximum Gasteiger partial charge on any atom is 0.411 e. The first-order valence-electron chi connectivity index (χ1n) is 10.4. The number of nitrogens with one attached hydrogen (secondary N) is 2. The zero-order valence-electron chi connectivity index (χ0n) is 18.8. The van der Waals surface area contributed by atoms with Crippen LogP contribution < -0.4 is 15.4 Å². The Kier molecular flexibility index (Phi) is 7.02. The number of carbonyl (C=O) groups is 3. The van der Waals surface area contributed by atoms with Crippen molar-refractivity contribution in [2.45, 2.75) is 45.4 Å². The fourth-order valence-electron chi connectivity index (χ4n) is 3.46. The van der Waals surface area contributed by atoms with E-state index in [0.29, 0.717) is 17.9 Å². The minimum absolute atomic E-state index is 0.226. The topological polar surface area (TPSA) is 97.0 Å². The van der Waals surface area contributed by atoms with Gasteiger partial charge in [-0.15, -0.1) is 0 Å². The van der Waals surface area contributed by atoms with Crippen molar-refractivity contribution in [1.82, 2.24) is 10.2 Å². The van der Waals surface area contributed by atoms with Gasteiger partial charge in [0.25, 0.3) is 0 Å². The third-order valence-electron chi connectivity index (χ3n) is 4.96. The number of ether oxygens (including phenoxy) is 2. The van der Waals surface area contributed by atoms with Crippen LogP contribution in [-0.4, -0.2) is 48.1 Å². The number of fused-ring (bicyclic) bond motifs is 1. The molecule has 1 heterocycles. The zero-order chi connectivity index (χ0) is 23.3. The van der Waals surface area contributed by atoms with E-state index in [1.807, 2.05) is 24.3 Å². The number of hydrogen-bond acceptors (Lipinski definition) is 5. The Morgan fingerprint density at radius 2 is 1.78 bits per heavy atom. The van der Waals surface area contributed by atoms with Crippen molar-refractivity contribution in [3.63, 3.8) is 0 Å². The summed E-state index contributed by atoms with van der Waals surface area (Å²) in [6, 6.07) is 13.8. The maximum atomic E-state index is 13.0. The quantitative estimate of drug-likeness (QED) is 0.746. The minimum atomic E-state index is -0.774. The first kappa shape index (κ1) is 23.1. The van der Waals surface area contributed by atoms with Gasteiger partial charge in [0.1, 0.15) is 17.4 Å². The van der Waals surface area contributed by atoms with Crippen LogP contribution in [0.2, 0.25) is 0 Å². The van der Waals surface area contributed by atoms with Gasteiger partial charge in [0.15, 0.2) is 0 Å². The van der Waals surface area contributed by atoms with E-state index in [1.165, 1.54) is 4.90 Å².